The zero-order valence-corrected chi connectivity index (χ0v) is 17.4. The maximum Gasteiger partial charge on any atom is 0.316 e. The van der Waals surface area contributed by atoms with Crippen molar-refractivity contribution in [1.82, 2.24) is 4.90 Å². The first-order chi connectivity index (χ1) is 12.2. The molecule has 3 aliphatic rings. The van der Waals surface area contributed by atoms with Crippen LogP contribution in [-0.4, -0.2) is 58.9 Å². The van der Waals surface area contributed by atoms with E-state index in [4.69, 9.17) is 4.74 Å². The van der Waals surface area contributed by atoms with E-state index in [-0.39, 0.29) is 11.8 Å². The summed E-state index contributed by atoms with van der Waals surface area (Å²) >= 11 is 3.82. The van der Waals surface area contributed by atoms with Crippen molar-refractivity contribution in [2.24, 2.45) is 5.41 Å². The Morgan fingerprint density at radius 3 is 2.77 bits per heavy atom. The highest BCUT2D eigenvalue weighted by atomic mass is 79.9. The molecule has 2 fully saturated rings. The number of hydrogen-bond donors (Lipinski definition) is 1. The molecule has 1 aliphatic heterocycles. The van der Waals surface area contributed by atoms with Gasteiger partial charge in [0.2, 0.25) is 0 Å². The van der Waals surface area contributed by atoms with E-state index in [9.17, 15) is 14.7 Å². The Morgan fingerprint density at radius 1 is 1.42 bits per heavy atom. The van der Waals surface area contributed by atoms with Gasteiger partial charge in [-0.2, -0.15) is 0 Å². The van der Waals surface area contributed by atoms with Gasteiger partial charge in [0.1, 0.15) is 11.0 Å². The summed E-state index contributed by atoms with van der Waals surface area (Å²) in [5.74, 6) is -0.192. The Labute approximate surface area is 163 Å². The quantitative estimate of drug-likeness (QED) is 0.553. The van der Waals surface area contributed by atoms with E-state index in [0.717, 1.165) is 30.4 Å². The second kappa shape index (κ2) is 6.88. The van der Waals surface area contributed by atoms with Crippen LogP contribution in [0.25, 0.3) is 0 Å². The van der Waals surface area contributed by atoms with E-state index in [1.165, 1.54) is 7.11 Å². The minimum atomic E-state index is -1.26. The molecule has 2 aliphatic carbocycles. The Morgan fingerprint density at radius 2 is 2.15 bits per heavy atom. The third-order valence-electron chi connectivity index (χ3n) is 6.49. The maximum absolute atomic E-state index is 12.8. The number of alkyl halides is 1. The van der Waals surface area contributed by atoms with E-state index < -0.39 is 15.3 Å². The number of halogens is 1. The fourth-order valence-electron chi connectivity index (χ4n) is 5.17. The summed E-state index contributed by atoms with van der Waals surface area (Å²) < 4.78 is 4.57. The molecule has 0 aromatic heterocycles. The van der Waals surface area contributed by atoms with Crippen LogP contribution in [0, 0.1) is 5.41 Å². The fraction of sp³-hybridized carbons (Fsp3) is 0.700. The molecule has 1 saturated heterocycles. The number of esters is 1. The summed E-state index contributed by atoms with van der Waals surface area (Å²) in [7, 11) is 3.36. The third kappa shape index (κ3) is 2.81. The average molecular weight is 426 g/mol. The number of piperidine rings is 1. The lowest BCUT2D eigenvalue weighted by Crippen LogP contribution is -2.75. The molecule has 2 bridgehead atoms. The number of methoxy groups -OCH3 is 1. The van der Waals surface area contributed by atoms with Crippen LogP contribution in [0.15, 0.2) is 23.3 Å². The molecule has 0 aromatic carbocycles. The Kier molecular flexibility index (Phi) is 5.23. The first-order valence-electron chi connectivity index (χ1n) is 9.28. The van der Waals surface area contributed by atoms with Crippen LogP contribution in [0.1, 0.15) is 45.4 Å². The lowest BCUT2D eigenvalue weighted by molar-refractivity contribution is -0.204. The number of fused-ring (bicyclic) bond motifs is 2. The third-order valence-corrected chi connectivity index (χ3v) is 7.80. The second-order valence-electron chi connectivity index (χ2n) is 8.10. The van der Waals surface area contributed by atoms with Crippen LogP contribution in [0.4, 0.5) is 0 Å². The zero-order valence-electron chi connectivity index (χ0n) is 15.8. The highest BCUT2D eigenvalue weighted by Gasteiger charge is 2.69. The van der Waals surface area contributed by atoms with Crippen molar-refractivity contribution in [2.45, 2.75) is 55.4 Å². The highest BCUT2D eigenvalue weighted by molar-refractivity contribution is 9.10. The summed E-state index contributed by atoms with van der Waals surface area (Å²) in [6.45, 7) is 3.05. The van der Waals surface area contributed by atoms with Crippen molar-refractivity contribution in [1.29, 1.82) is 0 Å². The van der Waals surface area contributed by atoms with Gasteiger partial charge in [0.05, 0.1) is 11.4 Å². The van der Waals surface area contributed by atoms with Gasteiger partial charge in [-0.25, -0.2) is 0 Å². The first-order valence-corrected chi connectivity index (χ1v) is 10.1. The van der Waals surface area contributed by atoms with Crippen LogP contribution in [0.5, 0.6) is 0 Å². The normalized spacial score (nSPS) is 38.3. The number of likely N-dealkylation sites (tertiary alicyclic amines) is 1. The number of hydrogen-bond acceptors (Lipinski definition) is 5. The molecule has 0 spiro atoms. The minimum Gasteiger partial charge on any atom is -0.468 e. The molecule has 3 atom stereocenters. The first kappa shape index (κ1) is 19.8. The van der Waals surface area contributed by atoms with Gasteiger partial charge in [-0.3, -0.25) is 9.59 Å². The monoisotopic (exact) mass is 425 g/mol. The van der Waals surface area contributed by atoms with Crippen molar-refractivity contribution in [2.75, 3.05) is 27.2 Å². The number of ketones is 1. The number of rotatable bonds is 4. The van der Waals surface area contributed by atoms with Gasteiger partial charge in [0.25, 0.3) is 0 Å². The Hall–Kier alpha value is -0.980. The number of nitrogens with zero attached hydrogens (tertiary/aromatic N) is 1. The topological polar surface area (TPSA) is 66.8 Å². The fourth-order valence-corrected chi connectivity index (χ4v) is 6.42. The van der Waals surface area contributed by atoms with Gasteiger partial charge in [-0.1, -0.05) is 34.5 Å². The zero-order chi connectivity index (χ0) is 19.2. The molecule has 1 heterocycles. The summed E-state index contributed by atoms with van der Waals surface area (Å²) in [6.07, 6.45) is 7.81. The summed E-state index contributed by atoms with van der Waals surface area (Å²) in [5.41, 5.74) is -0.598. The van der Waals surface area contributed by atoms with E-state index in [2.05, 4.69) is 20.8 Å². The lowest BCUT2D eigenvalue weighted by atomic mass is 9.54. The van der Waals surface area contributed by atoms with Crippen molar-refractivity contribution >= 4 is 27.7 Å². The largest absolute Gasteiger partial charge is 0.468 e. The van der Waals surface area contributed by atoms with E-state index in [1.807, 2.05) is 26.1 Å². The Bertz CT molecular complexity index is 687. The summed E-state index contributed by atoms with van der Waals surface area (Å²) in [6, 6.07) is 0. The molecule has 5 nitrogen and oxygen atoms in total. The van der Waals surface area contributed by atoms with Crippen molar-refractivity contribution < 1.29 is 19.4 Å². The second-order valence-corrected chi connectivity index (χ2v) is 9.61. The molecule has 1 N–H and O–H groups in total. The molecule has 6 heteroatoms. The molecule has 0 amide bonds. The van der Waals surface area contributed by atoms with Crippen LogP contribution in [0.3, 0.4) is 0 Å². The molecular formula is C20H28BrNO4. The SMILES string of the molecule is COC(=O)[C@]12CCC[C@](Br)(CN(C)C1)[C@]2(O)C/C=C(\C)C1=CCCC1=O. The van der Waals surface area contributed by atoms with Gasteiger partial charge in [0, 0.05) is 25.1 Å². The summed E-state index contributed by atoms with van der Waals surface area (Å²) in [5, 5.41) is 11.9. The number of carbonyl (C=O) groups excluding carboxylic acids is 2. The molecule has 0 unspecified atom stereocenters. The summed E-state index contributed by atoms with van der Waals surface area (Å²) in [4.78, 5) is 26.9. The highest BCUT2D eigenvalue weighted by Crippen LogP contribution is 2.59. The average Bonchev–Trinajstić information content (AvgIpc) is 3.00. The van der Waals surface area contributed by atoms with Gasteiger partial charge in [-0.05, 0) is 45.2 Å². The van der Waals surface area contributed by atoms with Gasteiger partial charge in [-0.15, -0.1) is 0 Å². The van der Waals surface area contributed by atoms with Crippen molar-refractivity contribution in [3.63, 3.8) is 0 Å². The van der Waals surface area contributed by atoms with Gasteiger partial charge < -0.3 is 14.7 Å². The van der Waals surface area contributed by atoms with E-state index in [0.29, 0.717) is 32.4 Å². The number of carbonyl (C=O) groups is 2. The van der Waals surface area contributed by atoms with Crippen LogP contribution >= 0.6 is 15.9 Å². The predicted octanol–water partition coefficient (Wildman–Crippen LogP) is 2.77. The maximum atomic E-state index is 12.8. The lowest BCUT2D eigenvalue weighted by Gasteiger charge is -2.62. The molecule has 0 radical (unpaired) electrons. The molecule has 144 valence electrons. The van der Waals surface area contributed by atoms with Crippen LogP contribution < -0.4 is 0 Å². The predicted molar refractivity (Wildman–Crippen MR) is 103 cm³/mol. The molecule has 26 heavy (non-hydrogen) atoms. The number of Topliss-reactive ketones (excluding diaryl/α,β-unsaturated/α-hetero) is 1. The minimum absolute atomic E-state index is 0.158. The van der Waals surface area contributed by atoms with Crippen molar-refractivity contribution in [3.8, 4) is 0 Å². The van der Waals surface area contributed by atoms with Crippen molar-refractivity contribution in [3.05, 3.63) is 23.3 Å². The number of allylic oxidation sites excluding steroid dienone is 3. The van der Waals surface area contributed by atoms with Gasteiger partial charge >= 0.3 is 5.97 Å². The van der Waals surface area contributed by atoms with Gasteiger partial charge in [0.15, 0.2) is 5.78 Å². The Balaban J connectivity index is 2.00. The molecule has 0 aromatic rings. The van der Waals surface area contributed by atoms with Crippen LogP contribution in [0.2, 0.25) is 0 Å². The smallest absolute Gasteiger partial charge is 0.316 e. The number of ether oxygens (including phenoxy) is 1. The van der Waals surface area contributed by atoms with E-state index >= 15 is 0 Å². The molecular weight excluding hydrogens is 398 g/mol. The molecule has 3 rings (SSSR count). The molecule has 1 saturated carbocycles. The van der Waals surface area contributed by atoms with E-state index in [1.54, 1.807) is 0 Å². The number of aliphatic hydroxyl groups is 1. The standard InChI is InChI=1S/C20H28BrNO4/c1-14(15-6-4-7-16(15)23)8-11-20(25)18(17(24)26-3)9-5-10-19(20,21)13-22(2)12-18/h6,8,25H,4-5,7,9-13H2,1-3H3/b14-8+/t18-,19-,20-/m0/s1. The van der Waals surface area contributed by atoms with Crippen LogP contribution in [-0.2, 0) is 14.3 Å².